The predicted octanol–water partition coefficient (Wildman–Crippen LogP) is 3.13. The van der Waals surface area contributed by atoms with E-state index in [1.54, 1.807) is 26.2 Å². The SMILES string of the molecule is CN=C(NCc1ccc(F)c(C)c1)NC1CCN(c2ncccc2Cl)C1. The van der Waals surface area contributed by atoms with Crippen molar-refractivity contribution in [2.24, 2.45) is 4.99 Å². The summed E-state index contributed by atoms with van der Waals surface area (Å²) in [6.45, 7) is 4.06. The molecule has 1 fully saturated rings. The fourth-order valence-electron chi connectivity index (χ4n) is 3.07. The van der Waals surface area contributed by atoms with E-state index in [1.807, 2.05) is 18.2 Å². The number of halogens is 2. The lowest BCUT2D eigenvalue weighted by atomic mass is 10.1. The van der Waals surface area contributed by atoms with Gasteiger partial charge in [-0.3, -0.25) is 4.99 Å². The minimum Gasteiger partial charge on any atom is -0.353 e. The quantitative estimate of drug-likeness (QED) is 0.636. The second-order valence-electron chi connectivity index (χ2n) is 6.39. The van der Waals surface area contributed by atoms with Crippen LogP contribution in [0, 0.1) is 12.7 Å². The van der Waals surface area contributed by atoms with E-state index in [4.69, 9.17) is 11.6 Å². The molecule has 2 N–H and O–H groups in total. The highest BCUT2D eigenvalue weighted by Crippen LogP contribution is 2.25. The number of anilines is 1. The standard InChI is InChI=1S/C19H23ClFN5/c1-13-10-14(5-6-17(13)21)11-24-19(22-2)25-15-7-9-26(12-15)18-16(20)4-3-8-23-18/h3-6,8,10,15H,7,9,11-12H2,1-2H3,(H2,22,24,25). The van der Waals surface area contributed by atoms with Gasteiger partial charge >= 0.3 is 0 Å². The van der Waals surface area contributed by atoms with Crippen molar-refractivity contribution in [3.8, 4) is 0 Å². The number of aliphatic imine (C=N–C) groups is 1. The Kier molecular flexibility index (Phi) is 5.93. The minimum absolute atomic E-state index is 0.185. The van der Waals surface area contributed by atoms with Gasteiger partial charge in [0.05, 0.1) is 5.02 Å². The minimum atomic E-state index is -0.185. The summed E-state index contributed by atoms with van der Waals surface area (Å²) in [5.41, 5.74) is 1.66. The third-order valence-electron chi connectivity index (χ3n) is 4.47. The van der Waals surface area contributed by atoms with Gasteiger partial charge in [-0.05, 0) is 42.7 Å². The van der Waals surface area contributed by atoms with Gasteiger partial charge in [0.15, 0.2) is 5.96 Å². The molecule has 1 aromatic heterocycles. The number of benzene rings is 1. The maximum absolute atomic E-state index is 13.4. The highest BCUT2D eigenvalue weighted by molar-refractivity contribution is 6.32. The molecule has 26 heavy (non-hydrogen) atoms. The number of pyridine rings is 1. The molecule has 3 rings (SSSR count). The van der Waals surface area contributed by atoms with Crippen molar-refractivity contribution in [2.75, 3.05) is 25.0 Å². The zero-order valence-corrected chi connectivity index (χ0v) is 15.7. The molecule has 1 saturated heterocycles. The Morgan fingerprint density at radius 1 is 1.42 bits per heavy atom. The first-order chi connectivity index (χ1) is 12.6. The third kappa shape index (κ3) is 4.43. The number of hydrogen-bond acceptors (Lipinski definition) is 3. The first-order valence-electron chi connectivity index (χ1n) is 8.64. The topological polar surface area (TPSA) is 52.6 Å². The number of aryl methyl sites for hydroxylation is 1. The summed E-state index contributed by atoms with van der Waals surface area (Å²) >= 11 is 6.24. The molecule has 1 atom stereocenters. The molecule has 1 unspecified atom stereocenters. The second-order valence-corrected chi connectivity index (χ2v) is 6.80. The Morgan fingerprint density at radius 2 is 2.27 bits per heavy atom. The van der Waals surface area contributed by atoms with Gasteiger partial charge in [-0.1, -0.05) is 23.7 Å². The van der Waals surface area contributed by atoms with Crippen LogP contribution in [0.2, 0.25) is 5.02 Å². The van der Waals surface area contributed by atoms with Crippen LogP contribution in [0.5, 0.6) is 0 Å². The van der Waals surface area contributed by atoms with E-state index in [0.29, 0.717) is 17.1 Å². The van der Waals surface area contributed by atoms with Gasteiger partial charge in [0.2, 0.25) is 0 Å². The van der Waals surface area contributed by atoms with Gasteiger partial charge in [0, 0.05) is 38.9 Å². The van der Waals surface area contributed by atoms with Crippen LogP contribution in [-0.2, 0) is 6.54 Å². The van der Waals surface area contributed by atoms with Crippen LogP contribution >= 0.6 is 11.6 Å². The smallest absolute Gasteiger partial charge is 0.191 e. The van der Waals surface area contributed by atoms with Crippen LogP contribution in [-0.4, -0.2) is 37.1 Å². The summed E-state index contributed by atoms with van der Waals surface area (Å²) in [6.07, 6.45) is 2.73. The van der Waals surface area contributed by atoms with Crippen LogP contribution in [0.25, 0.3) is 0 Å². The maximum atomic E-state index is 13.4. The molecule has 7 heteroatoms. The largest absolute Gasteiger partial charge is 0.353 e. The molecule has 1 aliphatic heterocycles. The molecule has 0 bridgehead atoms. The second kappa shape index (κ2) is 8.36. The Bertz CT molecular complexity index is 795. The first-order valence-corrected chi connectivity index (χ1v) is 9.02. The highest BCUT2D eigenvalue weighted by Gasteiger charge is 2.25. The Hall–Kier alpha value is -2.34. The van der Waals surface area contributed by atoms with Crippen LogP contribution in [0.3, 0.4) is 0 Å². The van der Waals surface area contributed by atoms with Crippen molar-refractivity contribution in [3.63, 3.8) is 0 Å². The lowest BCUT2D eigenvalue weighted by molar-refractivity contribution is 0.616. The number of nitrogens with zero attached hydrogens (tertiary/aromatic N) is 3. The molecule has 0 spiro atoms. The van der Waals surface area contributed by atoms with Gasteiger partial charge in [-0.15, -0.1) is 0 Å². The van der Waals surface area contributed by atoms with Crippen molar-refractivity contribution in [2.45, 2.75) is 25.9 Å². The molecule has 5 nitrogen and oxygen atoms in total. The van der Waals surface area contributed by atoms with Gasteiger partial charge in [0.1, 0.15) is 11.6 Å². The van der Waals surface area contributed by atoms with Crippen molar-refractivity contribution < 1.29 is 4.39 Å². The monoisotopic (exact) mass is 375 g/mol. The van der Waals surface area contributed by atoms with Gasteiger partial charge < -0.3 is 15.5 Å². The van der Waals surface area contributed by atoms with Gasteiger partial charge in [-0.2, -0.15) is 0 Å². The zero-order chi connectivity index (χ0) is 18.5. The normalized spacial score (nSPS) is 17.5. The lowest BCUT2D eigenvalue weighted by Gasteiger charge is -2.20. The van der Waals surface area contributed by atoms with E-state index < -0.39 is 0 Å². The summed E-state index contributed by atoms with van der Waals surface area (Å²) in [6, 6.07) is 9.07. The molecule has 0 amide bonds. The van der Waals surface area contributed by atoms with Gasteiger partial charge in [0.25, 0.3) is 0 Å². The highest BCUT2D eigenvalue weighted by atomic mass is 35.5. The summed E-state index contributed by atoms with van der Waals surface area (Å²) in [5.74, 6) is 1.37. The molecule has 0 radical (unpaired) electrons. The van der Waals surface area contributed by atoms with E-state index in [1.165, 1.54) is 6.07 Å². The molecular weight excluding hydrogens is 353 g/mol. The van der Waals surface area contributed by atoms with Crippen molar-refractivity contribution in [1.29, 1.82) is 0 Å². The third-order valence-corrected chi connectivity index (χ3v) is 4.77. The van der Waals surface area contributed by atoms with Crippen molar-refractivity contribution >= 4 is 23.4 Å². The van der Waals surface area contributed by atoms with E-state index in [2.05, 4.69) is 25.5 Å². The lowest BCUT2D eigenvalue weighted by Crippen LogP contribution is -2.44. The molecule has 1 aromatic carbocycles. The van der Waals surface area contributed by atoms with E-state index in [0.717, 1.165) is 36.9 Å². The van der Waals surface area contributed by atoms with Crippen molar-refractivity contribution in [1.82, 2.24) is 15.6 Å². The average Bonchev–Trinajstić information content (AvgIpc) is 3.10. The predicted molar refractivity (Wildman–Crippen MR) is 104 cm³/mol. The fourth-order valence-corrected chi connectivity index (χ4v) is 3.31. The summed E-state index contributed by atoms with van der Waals surface area (Å²) in [4.78, 5) is 10.8. The Balaban J connectivity index is 1.54. The molecule has 138 valence electrons. The summed E-state index contributed by atoms with van der Waals surface area (Å²) < 4.78 is 13.4. The number of guanidine groups is 1. The molecule has 0 saturated carbocycles. The maximum Gasteiger partial charge on any atom is 0.191 e. The zero-order valence-electron chi connectivity index (χ0n) is 15.0. The first kappa shape index (κ1) is 18.5. The van der Waals surface area contributed by atoms with E-state index in [9.17, 15) is 4.39 Å². The number of hydrogen-bond donors (Lipinski definition) is 2. The summed E-state index contributed by atoms with van der Waals surface area (Å²) in [5, 5.41) is 7.38. The van der Waals surface area contributed by atoms with Crippen LogP contribution in [0.15, 0.2) is 41.5 Å². The van der Waals surface area contributed by atoms with Crippen LogP contribution < -0.4 is 15.5 Å². The Morgan fingerprint density at radius 3 is 3.00 bits per heavy atom. The molecule has 2 heterocycles. The van der Waals surface area contributed by atoms with Crippen LogP contribution in [0.1, 0.15) is 17.5 Å². The number of rotatable bonds is 4. The summed E-state index contributed by atoms with van der Waals surface area (Å²) in [7, 11) is 1.74. The molecule has 2 aromatic rings. The van der Waals surface area contributed by atoms with E-state index >= 15 is 0 Å². The average molecular weight is 376 g/mol. The van der Waals surface area contributed by atoms with Crippen molar-refractivity contribution in [3.05, 3.63) is 58.5 Å². The fraction of sp³-hybridized carbons (Fsp3) is 0.368. The molecule has 0 aliphatic carbocycles. The van der Waals surface area contributed by atoms with Crippen LogP contribution in [0.4, 0.5) is 10.2 Å². The number of aromatic nitrogens is 1. The van der Waals surface area contributed by atoms with E-state index in [-0.39, 0.29) is 11.9 Å². The molecule has 1 aliphatic rings. The van der Waals surface area contributed by atoms with Gasteiger partial charge in [-0.25, -0.2) is 9.37 Å². The molecular formula is C19H23ClFN5. The Labute approximate surface area is 158 Å². The number of nitrogens with one attached hydrogen (secondary N) is 2.